The van der Waals surface area contributed by atoms with E-state index in [4.69, 9.17) is 9.47 Å². The number of ether oxygens (including phenoxy) is 2. The van der Waals surface area contributed by atoms with Crippen molar-refractivity contribution in [3.63, 3.8) is 0 Å². The van der Waals surface area contributed by atoms with Crippen LogP contribution in [0, 0.1) is 0 Å². The monoisotopic (exact) mass is 373 g/mol. The molecule has 0 aromatic heterocycles. The number of ketones is 1. The maximum atomic E-state index is 11.2. The van der Waals surface area contributed by atoms with Crippen molar-refractivity contribution in [2.75, 3.05) is 6.61 Å². The lowest BCUT2D eigenvalue weighted by Gasteiger charge is -2.35. The second-order valence-electron chi connectivity index (χ2n) is 7.12. The van der Waals surface area contributed by atoms with E-state index in [9.17, 15) is 24.9 Å². The molecule has 1 rings (SSSR count). The number of hydrogen-bond acceptors (Lipinski definition) is 7. The second-order valence-corrected chi connectivity index (χ2v) is 7.12. The van der Waals surface area contributed by atoms with Gasteiger partial charge in [-0.2, -0.15) is 0 Å². The number of aliphatic hydroxyl groups excluding tert-OH is 2. The summed E-state index contributed by atoms with van der Waals surface area (Å²) < 4.78 is 11.0. The molecule has 152 valence electrons. The third-order valence-electron chi connectivity index (χ3n) is 4.66. The van der Waals surface area contributed by atoms with E-state index in [0.29, 0.717) is 13.0 Å². The van der Waals surface area contributed by atoms with Crippen LogP contribution in [0.2, 0.25) is 0 Å². The van der Waals surface area contributed by atoms with E-state index in [0.717, 1.165) is 51.4 Å². The number of carboxylic acids is 1. The summed E-state index contributed by atoms with van der Waals surface area (Å²) in [5.74, 6) is -1.54. The van der Waals surface area contributed by atoms with Gasteiger partial charge in [0.25, 0.3) is 0 Å². The summed E-state index contributed by atoms with van der Waals surface area (Å²) in [6.07, 6.45) is 5.79. The quantitative estimate of drug-likeness (QED) is 0.346. The highest BCUT2D eigenvalue weighted by molar-refractivity contribution is 5.93. The van der Waals surface area contributed by atoms with Gasteiger partial charge >= 0.3 is 0 Å². The van der Waals surface area contributed by atoms with E-state index in [1.54, 1.807) is 6.92 Å². The molecular weight excluding hydrogens is 340 g/mol. The Bertz CT molecular complexity index is 413. The van der Waals surface area contributed by atoms with E-state index in [1.165, 1.54) is 0 Å². The molecule has 0 aromatic rings. The number of carbonyl (C=O) groups excluding carboxylic acids is 2. The van der Waals surface area contributed by atoms with Crippen molar-refractivity contribution in [1.82, 2.24) is 0 Å². The Hall–Kier alpha value is -1.02. The number of Topliss-reactive ketones (excluding diaryl/α,β-unsaturated/α-hetero) is 1. The molecule has 7 nitrogen and oxygen atoms in total. The summed E-state index contributed by atoms with van der Waals surface area (Å²) in [6, 6.07) is 0. The van der Waals surface area contributed by atoms with Crippen molar-refractivity contribution < 1.29 is 34.4 Å². The number of carbonyl (C=O) groups is 2. The molecule has 0 unspecified atom stereocenters. The smallest absolute Gasteiger partial charge is 0.183 e. The van der Waals surface area contributed by atoms with Crippen LogP contribution in [0.5, 0.6) is 0 Å². The molecule has 0 bridgehead atoms. The molecule has 0 saturated carbocycles. The number of aliphatic hydroxyl groups is 2. The van der Waals surface area contributed by atoms with Crippen molar-refractivity contribution in [1.29, 1.82) is 0 Å². The van der Waals surface area contributed by atoms with Crippen LogP contribution in [-0.4, -0.2) is 53.2 Å². The van der Waals surface area contributed by atoms with Crippen LogP contribution in [0.4, 0.5) is 0 Å². The summed E-state index contributed by atoms with van der Waals surface area (Å²) in [6.45, 7) is 2.30. The molecule has 0 spiro atoms. The predicted octanol–water partition coefficient (Wildman–Crippen LogP) is 1.08. The van der Waals surface area contributed by atoms with Crippen molar-refractivity contribution in [3.05, 3.63) is 0 Å². The number of hydrogen-bond donors (Lipinski definition) is 2. The summed E-state index contributed by atoms with van der Waals surface area (Å²) >= 11 is 0. The first kappa shape index (κ1) is 23.0. The van der Waals surface area contributed by atoms with Crippen molar-refractivity contribution in [2.24, 2.45) is 0 Å². The Morgan fingerprint density at radius 2 is 1.58 bits per heavy atom. The molecule has 4 atom stereocenters. The van der Waals surface area contributed by atoms with Crippen LogP contribution < -0.4 is 5.11 Å². The van der Waals surface area contributed by atoms with Gasteiger partial charge in [-0.25, -0.2) is 0 Å². The highest BCUT2D eigenvalue weighted by atomic mass is 16.7. The van der Waals surface area contributed by atoms with Gasteiger partial charge in [-0.15, -0.1) is 0 Å². The molecule has 0 radical (unpaired) electrons. The molecule has 1 aliphatic heterocycles. The van der Waals surface area contributed by atoms with E-state index < -0.39 is 30.9 Å². The molecule has 7 heteroatoms. The Morgan fingerprint density at radius 3 is 2.19 bits per heavy atom. The summed E-state index contributed by atoms with van der Waals surface area (Å²) in [7, 11) is 0. The Labute approximate surface area is 155 Å². The minimum Gasteiger partial charge on any atom is -0.550 e. The maximum Gasteiger partial charge on any atom is 0.183 e. The van der Waals surface area contributed by atoms with Gasteiger partial charge in [0.15, 0.2) is 6.29 Å². The maximum absolute atomic E-state index is 11.2. The second kappa shape index (κ2) is 13.2. The highest BCUT2D eigenvalue weighted by Gasteiger charge is 2.34. The van der Waals surface area contributed by atoms with Crippen molar-refractivity contribution >= 4 is 11.8 Å². The number of carboxylic acid groups (broad SMARTS) is 1. The van der Waals surface area contributed by atoms with Crippen molar-refractivity contribution in [2.45, 2.75) is 102 Å². The fraction of sp³-hybridized carbons (Fsp3) is 0.895. The lowest BCUT2D eigenvalue weighted by atomic mass is 10.0. The van der Waals surface area contributed by atoms with E-state index in [1.807, 2.05) is 0 Å². The SMILES string of the molecule is C[C@@H]1O[C@@H](OCCCCCCCCCCC(=O)CC(=O)[O-])[C@H](O)C[C@H]1O. The van der Waals surface area contributed by atoms with E-state index >= 15 is 0 Å². The van der Waals surface area contributed by atoms with Gasteiger partial charge in [0, 0.05) is 31.8 Å². The number of unbranched alkanes of at least 4 members (excludes halogenated alkanes) is 7. The van der Waals surface area contributed by atoms with Crippen LogP contribution in [0.1, 0.15) is 77.6 Å². The first-order chi connectivity index (χ1) is 12.4. The highest BCUT2D eigenvalue weighted by Crippen LogP contribution is 2.21. The zero-order valence-electron chi connectivity index (χ0n) is 15.7. The molecular formula is C19H33O7-. The molecule has 1 aliphatic rings. The minimum absolute atomic E-state index is 0.249. The summed E-state index contributed by atoms with van der Waals surface area (Å²) in [5.41, 5.74) is 0. The molecule has 1 saturated heterocycles. The lowest BCUT2D eigenvalue weighted by molar-refractivity contribution is -0.304. The average Bonchev–Trinajstić information content (AvgIpc) is 2.56. The van der Waals surface area contributed by atoms with Crippen molar-refractivity contribution in [3.8, 4) is 0 Å². The molecule has 0 aromatic carbocycles. The number of aliphatic carboxylic acids is 1. The predicted molar refractivity (Wildman–Crippen MR) is 93.1 cm³/mol. The van der Waals surface area contributed by atoms with Gasteiger partial charge in [0.2, 0.25) is 0 Å². The first-order valence-corrected chi connectivity index (χ1v) is 9.75. The molecule has 1 fully saturated rings. The van der Waals surface area contributed by atoms with Crippen LogP contribution in [0.25, 0.3) is 0 Å². The molecule has 0 aliphatic carbocycles. The molecule has 26 heavy (non-hydrogen) atoms. The van der Waals surface area contributed by atoms with Crippen LogP contribution in [0.3, 0.4) is 0 Å². The average molecular weight is 373 g/mol. The normalized spacial score (nSPS) is 26.0. The number of rotatable bonds is 14. The molecule has 0 amide bonds. The summed E-state index contributed by atoms with van der Waals surface area (Å²) in [5, 5.41) is 29.7. The fourth-order valence-corrected chi connectivity index (χ4v) is 3.03. The van der Waals surface area contributed by atoms with E-state index in [2.05, 4.69) is 0 Å². The van der Waals surface area contributed by atoms with Crippen LogP contribution in [-0.2, 0) is 19.1 Å². The lowest BCUT2D eigenvalue weighted by Crippen LogP contribution is -2.47. The molecule has 2 N–H and O–H groups in total. The third-order valence-corrected chi connectivity index (χ3v) is 4.66. The zero-order chi connectivity index (χ0) is 19.4. The topological polar surface area (TPSA) is 116 Å². The third kappa shape index (κ3) is 10.2. The van der Waals surface area contributed by atoms with Gasteiger partial charge in [0.1, 0.15) is 11.9 Å². The summed E-state index contributed by atoms with van der Waals surface area (Å²) in [4.78, 5) is 21.4. The zero-order valence-corrected chi connectivity index (χ0v) is 15.7. The van der Waals surface area contributed by atoms with Gasteiger partial charge in [-0.1, -0.05) is 38.5 Å². The van der Waals surface area contributed by atoms with Crippen LogP contribution in [0.15, 0.2) is 0 Å². The molecule has 1 heterocycles. The van der Waals surface area contributed by atoms with E-state index in [-0.39, 0.29) is 18.3 Å². The fourth-order valence-electron chi connectivity index (χ4n) is 3.03. The van der Waals surface area contributed by atoms with Gasteiger partial charge in [-0.05, 0) is 19.8 Å². The minimum atomic E-state index is -1.30. The Balaban J connectivity index is 1.88. The Morgan fingerprint density at radius 1 is 1.00 bits per heavy atom. The van der Waals surface area contributed by atoms with Gasteiger partial charge < -0.3 is 29.6 Å². The standard InChI is InChI=1S/C19H34O7/c1-14-16(21)13-17(22)19(26-14)25-11-9-7-5-3-2-4-6-8-10-15(20)12-18(23)24/h14,16-17,19,21-22H,2-13H2,1H3,(H,23,24)/p-1/t14-,16+,17+,19+/m0/s1. The first-order valence-electron chi connectivity index (χ1n) is 9.75. The van der Waals surface area contributed by atoms with Gasteiger partial charge in [0.05, 0.1) is 12.2 Å². The Kier molecular flexibility index (Phi) is 11.7. The largest absolute Gasteiger partial charge is 0.550 e. The van der Waals surface area contributed by atoms with Gasteiger partial charge in [-0.3, -0.25) is 4.79 Å². The van der Waals surface area contributed by atoms with Crippen LogP contribution >= 0.6 is 0 Å².